The van der Waals surface area contributed by atoms with Crippen molar-refractivity contribution in [2.45, 2.75) is 17.9 Å². The molecule has 1 heterocycles. The molecule has 2 unspecified atom stereocenters. The number of fused-ring (bicyclic) bond motifs is 3. The second-order valence-electron chi connectivity index (χ2n) is 7.35. The van der Waals surface area contributed by atoms with Crippen molar-refractivity contribution in [3.8, 4) is 6.07 Å². The molecule has 1 aliphatic heterocycles. The lowest BCUT2D eigenvalue weighted by molar-refractivity contribution is -0.115. The normalized spacial score (nSPS) is 22.4. The first-order chi connectivity index (χ1) is 13.7. The average molecular weight is 362 g/mol. The zero-order valence-corrected chi connectivity index (χ0v) is 15.2. The van der Waals surface area contributed by atoms with Gasteiger partial charge in [-0.1, -0.05) is 84.9 Å². The molecule has 0 radical (unpaired) electrons. The third kappa shape index (κ3) is 2.25. The maximum Gasteiger partial charge on any atom is 0.252 e. The molecule has 134 valence electrons. The van der Waals surface area contributed by atoms with Gasteiger partial charge in [-0.25, -0.2) is 0 Å². The Morgan fingerprint density at radius 3 is 2.25 bits per heavy atom. The van der Waals surface area contributed by atoms with E-state index in [4.69, 9.17) is 0 Å². The van der Waals surface area contributed by atoms with E-state index in [0.29, 0.717) is 12.0 Å². The predicted octanol–water partition coefficient (Wildman–Crippen LogP) is 4.11. The van der Waals surface area contributed by atoms with Gasteiger partial charge in [0, 0.05) is 0 Å². The second-order valence-corrected chi connectivity index (χ2v) is 7.35. The van der Waals surface area contributed by atoms with Crippen molar-refractivity contribution in [1.82, 2.24) is 5.32 Å². The smallest absolute Gasteiger partial charge is 0.252 e. The van der Waals surface area contributed by atoms with Crippen LogP contribution in [0.2, 0.25) is 0 Å². The molecule has 0 spiro atoms. The Labute approximate surface area is 164 Å². The van der Waals surface area contributed by atoms with E-state index in [1.54, 1.807) is 0 Å². The Hall–Kier alpha value is -3.64. The molecule has 2 atom stereocenters. The Bertz CT molecular complexity index is 1140. The summed E-state index contributed by atoms with van der Waals surface area (Å²) in [7, 11) is 0. The van der Waals surface area contributed by atoms with Crippen molar-refractivity contribution in [2.24, 2.45) is 0 Å². The molecule has 28 heavy (non-hydrogen) atoms. The summed E-state index contributed by atoms with van der Waals surface area (Å²) in [5.41, 5.74) is 4.78. The SMILES string of the molecule is N#CC1(Cc2ccccc2)c2ccccc2C2=C(c3ccccc3)C(=O)NC21. The van der Waals surface area contributed by atoms with E-state index < -0.39 is 5.41 Å². The number of hydrogen-bond acceptors (Lipinski definition) is 2. The van der Waals surface area contributed by atoms with Crippen molar-refractivity contribution in [3.05, 3.63) is 107 Å². The van der Waals surface area contributed by atoms with Crippen LogP contribution in [0.1, 0.15) is 22.3 Å². The quantitative estimate of drug-likeness (QED) is 0.762. The molecule has 3 aromatic rings. The van der Waals surface area contributed by atoms with Crippen molar-refractivity contribution in [2.75, 3.05) is 0 Å². The maximum atomic E-state index is 13.0. The van der Waals surface area contributed by atoms with Gasteiger partial charge in [-0.2, -0.15) is 5.26 Å². The Kier molecular flexibility index (Phi) is 3.67. The standard InChI is InChI=1S/C25H18N2O/c26-16-25(15-17-9-3-1-4-10-17)20-14-8-7-13-19(20)22-21(24(28)27-23(22)25)18-11-5-2-6-12-18/h1-14,23H,15H2,(H,27,28). The van der Waals surface area contributed by atoms with Gasteiger partial charge in [0.1, 0.15) is 5.41 Å². The Balaban J connectivity index is 1.76. The Morgan fingerprint density at radius 2 is 1.54 bits per heavy atom. The highest BCUT2D eigenvalue weighted by Crippen LogP contribution is 2.52. The van der Waals surface area contributed by atoms with Crippen LogP contribution in [0.25, 0.3) is 11.1 Å². The number of nitriles is 1. The van der Waals surface area contributed by atoms with E-state index in [1.165, 1.54) is 0 Å². The van der Waals surface area contributed by atoms with Crippen LogP contribution in [-0.4, -0.2) is 11.9 Å². The number of rotatable bonds is 3. The fourth-order valence-electron chi connectivity index (χ4n) is 4.64. The fourth-order valence-corrected chi connectivity index (χ4v) is 4.64. The zero-order valence-electron chi connectivity index (χ0n) is 15.2. The van der Waals surface area contributed by atoms with E-state index in [9.17, 15) is 10.1 Å². The monoisotopic (exact) mass is 362 g/mol. The third-order valence-electron chi connectivity index (χ3n) is 5.84. The summed E-state index contributed by atoms with van der Waals surface area (Å²) in [4.78, 5) is 13.0. The van der Waals surface area contributed by atoms with Crippen LogP contribution in [0.4, 0.5) is 0 Å². The molecule has 3 heteroatoms. The van der Waals surface area contributed by atoms with Gasteiger partial charge in [0.2, 0.25) is 0 Å². The summed E-state index contributed by atoms with van der Waals surface area (Å²) in [6.07, 6.45) is 0.553. The second kappa shape index (κ2) is 6.21. The van der Waals surface area contributed by atoms with Crippen LogP contribution in [0.15, 0.2) is 84.9 Å². The van der Waals surface area contributed by atoms with Gasteiger partial charge in [-0.3, -0.25) is 4.79 Å². The van der Waals surface area contributed by atoms with Gasteiger partial charge in [0.15, 0.2) is 0 Å². The van der Waals surface area contributed by atoms with Gasteiger partial charge in [-0.15, -0.1) is 0 Å². The van der Waals surface area contributed by atoms with Gasteiger partial charge in [0.25, 0.3) is 5.91 Å². The summed E-state index contributed by atoms with van der Waals surface area (Å²) in [6, 6.07) is 30.0. The van der Waals surface area contributed by atoms with E-state index in [0.717, 1.165) is 27.8 Å². The van der Waals surface area contributed by atoms with Crippen LogP contribution in [0.3, 0.4) is 0 Å². The van der Waals surface area contributed by atoms with E-state index >= 15 is 0 Å². The van der Waals surface area contributed by atoms with Crippen LogP contribution in [0.5, 0.6) is 0 Å². The number of carbonyl (C=O) groups excluding carboxylic acids is 1. The predicted molar refractivity (Wildman–Crippen MR) is 109 cm³/mol. The number of amides is 1. The molecule has 1 N–H and O–H groups in total. The van der Waals surface area contributed by atoms with Gasteiger partial charge in [-0.05, 0) is 34.2 Å². The minimum absolute atomic E-state index is 0.103. The van der Waals surface area contributed by atoms with Gasteiger partial charge >= 0.3 is 0 Å². The highest BCUT2D eigenvalue weighted by molar-refractivity contribution is 6.32. The molecular weight excluding hydrogens is 344 g/mol. The zero-order chi connectivity index (χ0) is 19.1. The van der Waals surface area contributed by atoms with Crippen LogP contribution >= 0.6 is 0 Å². The molecule has 0 saturated heterocycles. The summed E-state index contributed by atoms with van der Waals surface area (Å²) in [5, 5.41) is 13.5. The lowest BCUT2D eigenvalue weighted by Crippen LogP contribution is -2.45. The molecule has 5 rings (SSSR count). The molecular formula is C25H18N2O. The molecule has 1 amide bonds. The number of hydrogen-bond donors (Lipinski definition) is 1. The minimum Gasteiger partial charge on any atom is -0.343 e. The minimum atomic E-state index is -0.820. The van der Waals surface area contributed by atoms with E-state index in [-0.39, 0.29) is 11.9 Å². The topological polar surface area (TPSA) is 52.9 Å². The van der Waals surface area contributed by atoms with Crippen molar-refractivity contribution in [1.29, 1.82) is 5.26 Å². The number of carbonyl (C=O) groups is 1. The maximum absolute atomic E-state index is 13.0. The average Bonchev–Trinajstić information content (AvgIpc) is 3.22. The van der Waals surface area contributed by atoms with Crippen LogP contribution < -0.4 is 5.32 Å². The first-order valence-electron chi connectivity index (χ1n) is 9.40. The van der Waals surface area contributed by atoms with E-state index in [2.05, 4.69) is 11.4 Å². The lowest BCUT2D eigenvalue weighted by Gasteiger charge is -2.28. The molecule has 3 nitrogen and oxygen atoms in total. The Morgan fingerprint density at radius 1 is 0.893 bits per heavy atom. The summed E-state index contributed by atoms with van der Waals surface area (Å²) in [6.45, 7) is 0. The van der Waals surface area contributed by atoms with Gasteiger partial charge < -0.3 is 5.32 Å². The summed E-state index contributed by atoms with van der Waals surface area (Å²) >= 11 is 0. The van der Waals surface area contributed by atoms with Crippen molar-refractivity contribution >= 4 is 17.1 Å². The number of nitrogens with zero attached hydrogens (tertiary/aromatic N) is 1. The largest absolute Gasteiger partial charge is 0.343 e. The van der Waals surface area contributed by atoms with Crippen molar-refractivity contribution in [3.63, 3.8) is 0 Å². The fraction of sp³-hybridized carbons (Fsp3) is 0.120. The third-order valence-corrected chi connectivity index (χ3v) is 5.84. The van der Waals surface area contributed by atoms with Crippen LogP contribution in [-0.2, 0) is 16.6 Å². The molecule has 0 saturated carbocycles. The highest BCUT2D eigenvalue weighted by Gasteiger charge is 2.55. The van der Waals surface area contributed by atoms with Gasteiger partial charge in [0.05, 0.1) is 17.7 Å². The molecule has 0 bridgehead atoms. The number of nitrogens with one attached hydrogen (secondary N) is 1. The molecule has 0 aromatic heterocycles. The highest BCUT2D eigenvalue weighted by atomic mass is 16.2. The first-order valence-corrected chi connectivity index (χ1v) is 9.40. The molecule has 2 aliphatic rings. The number of benzene rings is 3. The molecule has 0 fully saturated rings. The first kappa shape index (κ1) is 16.5. The van der Waals surface area contributed by atoms with Crippen LogP contribution in [0, 0.1) is 11.3 Å². The van der Waals surface area contributed by atoms with Crippen molar-refractivity contribution < 1.29 is 4.79 Å². The molecule has 1 aliphatic carbocycles. The van der Waals surface area contributed by atoms with E-state index in [1.807, 2.05) is 84.9 Å². The molecule has 3 aromatic carbocycles. The lowest BCUT2D eigenvalue weighted by atomic mass is 9.75. The summed E-state index contributed by atoms with van der Waals surface area (Å²) < 4.78 is 0. The summed E-state index contributed by atoms with van der Waals surface area (Å²) in [5.74, 6) is -0.103.